The second-order valence-corrected chi connectivity index (χ2v) is 8.31. The monoisotopic (exact) mass is 434 g/mol. The van der Waals surface area contributed by atoms with E-state index >= 15 is 0 Å². The summed E-state index contributed by atoms with van der Waals surface area (Å²) in [7, 11) is 0. The molecule has 3 aromatic rings. The van der Waals surface area contributed by atoms with E-state index in [1.165, 1.54) is 29.5 Å². The van der Waals surface area contributed by atoms with Gasteiger partial charge >= 0.3 is 0 Å². The minimum absolute atomic E-state index is 0.0932. The van der Waals surface area contributed by atoms with Crippen LogP contribution in [0.5, 0.6) is 5.75 Å². The van der Waals surface area contributed by atoms with Crippen LogP contribution in [0.4, 0.5) is 10.1 Å². The molecule has 0 radical (unpaired) electrons. The number of anilines is 1. The van der Waals surface area contributed by atoms with E-state index in [-0.39, 0.29) is 17.2 Å². The second kappa shape index (κ2) is 9.71. The van der Waals surface area contributed by atoms with Crippen LogP contribution in [0.15, 0.2) is 77.7 Å². The Bertz CT molecular complexity index is 1060. The minimum Gasteiger partial charge on any atom is -0.489 e. The number of amides is 1. The zero-order valence-corrected chi connectivity index (χ0v) is 17.9. The number of halogens is 1. The fourth-order valence-electron chi connectivity index (χ4n) is 3.11. The summed E-state index contributed by atoms with van der Waals surface area (Å²) in [6, 6.07) is 22.0. The molecule has 158 valence electrons. The molecular weight excluding hydrogens is 411 g/mol. The van der Waals surface area contributed by atoms with Crippen molar-refractivity contribution in [1.82, 2.24) is 5.32 Å². The maximum Gasteiger partial charge on any atom is 0.260 e. The summed E-state index contributed by atoms with van der Waals surface area (Å²) in [6.07, 6.45) is 2.86. The highest BCUT2D eigenvalue weighted by atomic mass is 32.2. The van der Waals surface area contributed by atoms with Gasteiger partial charge in [-0.3, -0.25) is 4.79 Å². The number of ether oxygens (including phenoxy) is 1. The van der Waals surface area contributed by atoms with Gasteiger partial charge in [-0.05, 0) is 65.6 Å². The molecule has 1 aliphatic heterocycles. The third kappa shape index (κ3) is 5.67. The summed E-state index contributed by atoms with van der Waals surface area (Å²) in [5, 5.41) is 6.28. The second-order valence-electron chi connectivity index (χ2n) is 7.16. The van der Waals surface area contributed by atoms with Gasteiger partial charge in [0.25, 0.3) is 5.91 Å². The standard InChI is InChI=1S/C25H23FN2O2S/c1-2-17-5-11-21(12-6-17)27-25-28-24(29)23(31-25)15-18-7-13-22(14-8-18)30-16-19-3-9-20(26)10-4-19/h3-15,25,27H,2,16H2,1H3,(H,28,29)/b23-15-/t25-/m1/s1. The van der Waals surface area contributed by atoms with Gasteiger partial charge in [0.1, 0.15) is 18.2 Å². The number of carbonyl (C=O) groups excluding carboxylic acids is 1. The Morgan fingerprint density at radius 1 is 1.00 bits per heavy atom. The molecular formula is C25H23FN2O2S. The summed E-state index contributed by atoms with van der Waals surface area (Å²) in [5.74, 6) is 0.358. The fraction of sp³-hybridized carbons (Fsp3) is 0.160. The van der Waals surface area contributed by atoms with Crippen LogP contribution in [-0.2, 0) is 17.8 Å². The highest BCUT2D eigenvalue weighted by molar-refractivity contribution is 8.05. The topological polar surface area (TPSA) is 50.4 Å². The van der Waals surface area contributed by atoms with Gasteiger partial charge in [-0.25, -0.2) is 4.39 Å². The van der Waals surface area contributed by atoms with E-state index in [4.69, 9.17) is 4.74 Å². The molecule has 1 aliphatic rings. The van der Waals surface area contributed by atoms with Crippen molar-refractivity contribution < 1.29 is 13.9 Å². The zero-order chi connectivity index (χ0) is 21.6. The summed E-state index contributed by atoms with van der Waals surface area (Å²) >= 11 is 1.46. The Morgan fingerprint density at radius 3 is 2.35 bits per heavy atom. The first-order chi connectivity index (χ1) is 15.1. The maximum absolute atomic E-state index is 13.0. The van der Waals surface area contributed by atoms with E-state index in [9.17, 15) is 9.18 Å². The summed E-state index contributed by atoms with van der Waals surface area (Å²) < 4.78 is 18.7. The number of aryl methyl sites for hydroxylation is 1. The van der Waals surface area contributed by atoms with Gasteiger partial charge in [0.05, 0.1) is 4.91 Å². The first-order valence-corrected chi connectivity index (χ1v) is 11.0. The van der Waals surface area contributed by atoms with E-state index in [1.807, 2.05) is 42.5 Å². The van der Waals surface area contributed by atoms with Gasteiger partial charge in [0.15, 0.2) is 5.50 Å². The quantitative estimate of drug-likeness (QED) is 0.478. The molecule has 31 heavy (non-hydrogen) atoms. The number of carbonyl (C=O) groups is 1. The van der Waals surface area contributed by atoms with Crippen molar-refractivity contribution in [3.8, 4) is 5.75 Å². The molecule has 0 aromatic heterocycles. The molecule has 0 saturated carbocycles. The van der Waals surface area contributed by atoms with Crippen LogP contribution in [0.25, 0.3) is 6.08 Å². The van der Waals surface area contributed by atoms with Gasteiger partial charge in [-0.1, -0.05) is 55.1 Å². The van der Waals surface area contributed by atoms with Crippen molar-refractivity contribution in [2.45, 2.75) is 25.4 Å². The number of nitrogens with one attached hydrogen (secondary N) is 2. The lowest BCUT2D eigenvalue weighted by Gasteiger charge is -2.12. The molecule has 3 aromatic carbocycles. The van der Waals surface area contributed by atoms with Crippen LogP contribution in [-0.4, -0.2) is 11.4 Å². The molecule has 1 heterocycles. The molecule has 4 rings (SSSR count). The third-order valence-electron chi connectivity index (χ3n) is 4.89. The van der Waals surface area contributed by atoms with E-state index in [1.54, 1.807) is 12.1 Å². The summed E-state index contributed by atoms with van der Waals surface area (Å²) in [5.41, 5.74) is 3.86. The fourth-order valence-corrected chi connectivity index (χ4v) is 4.10. The van der Waals surface area contributed by atoms with Gasteiger partial charge < -0.3 is 15.4 Å². The average Bonchev–Trinajstić information content (AvgIpc) is 3.13. The van der Waals surface area contributed by atoms with Gasteiger partial charge in [-0.2, -0.15) is 0 Å². The van der Waals surface area contributed by atoms with Crippen LogP contribution in [0.3, 0.4) is 0 Å². The molecule has 1 atom stereocenters. The largest absolute Gasteiger partial charge is 0.489 e. The van der Waals surface area contributed by atoms with Gasteiger partial charge in [0.2, 0.25) is 0 Å². The van der Waals surface area contributed by atoms with Crippen molar-refractivity contribution in [1.29, 1.82) is 0 Å². The molecule has 2 N–H and O–H groups in total. The van der Waals surface area contributed by atoms with Gasteiger partial charge in [-0.15, -0.1) is 0 Å². The van der Waals surface area contributed by atoms with Crippen LogP contribution in [0, 0.1) is 5.82 Å². The lowest BCUT2D eigenvalue weighted by molar-refractivity contribution is -0.116. The van der Waals surface area contributed by atoms with Crippen molar-refractivity contribution in [2.24, 2.45) is 0 Å². The van der Waals surface area contributed by atoms with E-state index in [2.05, 4.69) is 29.7 Å². The van der Waals surface area contributed by atoms with Crippen molar-refractivity contribution in [3.63, 3.8) is 0 Å². The molecule has 0 bridgehead atoms. The first kappa shape index (κ1) is 21.0. The Kier molecular flexibility index (Phi) is 6.57. The van der Waals surface area contributed by atoms with Crippen LogP contribution >= 0.6 is 11.8 Å². The van der Waals surface area contributed by atoms with E-state index in [0.29, 0.717) is 17.3 Å². The molecule has 4 nitrogen and oxygen atoms in total. The lowest BCUT2D eigenvalue weighted by Crippen LogP contribution is -2.30. The minimum atomic E-state index is -0.262. The number of thioether (sulfide) groups is 1. The van der Waals surface area contributed by atoms with Crippen LogP contribution < -0.4 is 15.4 Å². The van der Waals surface area contributed by atoms with Crippen molar-refractivity contribution in [2.75, 3.05) is 5.32 Å². The predicted octanol–water partition coefficient (Wildman–Crippen LogP) is 5.57. The normalized spacial score (nSPS) is 16.9. The number of hydrogen-bond acceptors (Lipinski definition) is 4. The highest BCUT2D eigenvalue weighted by Gasteiger charge is 2.27. The molecule has 0 spiro atoms. The first-order valence-electron chi connectivity index (χ1n) is 10.1. The van der Waals surface area contributed by atoms with Crippen molar-refractivity contribution >= 4 is 29.4 Å². The Labute approximate surface area is 185 Å². The number of benzene rings is 3. The smallest absolute Gasteiger partial charge is 0.260 e. The molecule has 0 unspecified atom stereocenters. The van der Waals surface area contributed by atoms with E-state index < -0.39 is 0 Å². The van der Waals surface area contributed by atoms with Crippen LogP contribution in [0.1, 0.15) is 23.6 Å². The van der Waals surface area contributed by atoms with Gasteiger partial charge in [0, 0.05) is 5.69 Å². The molecule has 6 heteroatoms. The Balaban J connectivity index is 1.34. The number of hydrogen-bond donors (Lipinski definition) is 2. The zero-order valence-electron chi connectivity index (χ0n) is 17.1. The predicted molar refractivity (Wildman–Crippen MR) is 124 cm³/mol. The average molecular weight is 435 g/mol. The Morgan fingerprint density at radius 2 is 1.68 bits per heavy atom. The highest BCUT2D eigenvalue weighted by Crippen LogP contribution is 2.30. The molecule has 0 aliphatic carbocycles. The maximum atomic E-state index is 13.0. The summed E-state index contributed by atoms with van der Waals surface area (Å²) in [6.45, 7) is 2.49. The Hall–Kier alpha value is -3.25. The van der Waals surface area contributed by atoms with Crippen LogP contribution in [0.2, 0.25) is 0 Å². The SMILES string of the molecule is CCc1ccc(N[C@@H]2NC(=O)/C(=C/c3ccc(OCc4ccc(F)cc4)cc3)S2)cc1. The van der Waals surface area contributed by atoms with Crippen molar-refractivity contribution in [3.05, 3.63) is 100 Å². The lowest BCUT2D eigenvalue weighted by atomic mass is 10.1. The molecule has 1 amide bonds. The third-order valence-corrected chi connectivity index (χ3v) is 5.92. The molecule has 1 saturated heterocycles. The molecule has 1 fully saturated rings. The summed E-state index contributed by atoms with van der Waals surface area (Å²) in [4.78, 5) is 13.0. The number of rotatable bonds is 7. The van der Waals surface area contributed by atoms with E-state index in [0.717, 1.165) is 23.2 Å².